The number of hydrogen-bond donors (Lipinski definition) is 1. The second kappa shape index (κ2) is 7.73. The van der Waals surface area contributed by atoms with Crippen molar-refractivity contribution in [3.05, 3.63) is 77.9 Å². The van der Waals surface area contributed by atoms with Crippen LogP contribution in [0.25, 0.3) is 11.3 Å². The van der Waals surface area contributed by atoms with Gasteiger partial charge in [-0.25, -0.2) is 0 Å². The molecule has 0 fully saturated rings. The standard InChI is InChI=1S/C21H23N3/c1-3-10-19(17-11-6-4-7-12-17)22-20-15-16(2)21(24-23-20)18-13-8-5-9-14-18/h4-9,11-15,19H,3,10H2,1-2H3,(H,22,23). The number of nitrogens with zero attached hydrogens (tertiary/aromatic N) is 2. The van der Waals surface area contributed by atoms with Gasteiger partial charge in [0.1, 0.15) is 5.82 Å². The lowest BCUT2D eigenvalue weighted by molar-refractivity contribution is 0.672. The van der Waals surface area contributed by atoms with Gasteiger partial charge in [0.2, 0.25) is 0 Å². The Bertz CT molecular complexity index is 770. The lowest BCUT2D eigenvalue weighted by Gasteiger charge is -2.19. The second-order valence-electron chi connectivity index (χ2n) is 6.02. The van der Waals surface area contributed by atoms with E-state index in [1.807, 2.05) is 24.3 Å². The molecule has 2 aromatic carbocycles. The average molecular weight is 317 g/mol. The highest BCUT2D eigenvalue weighted by molar-refractivity contribution is 5.63. The van der Waals surface area contributed by atoms with Gasteiger partial charge in [0, 0.05) is 5.56 Å². The zero-order valence-corrected chi connectivity index (χ0v) is 14.2. The van der Waals surface area contributed by atoms with Crippen LogP contribution in [0.3, 0.4) is 0 Å². The topological polar surface area (TPSA) is 37.8 Å². The van der Waals surface area contributed by atoms with E-state index in [4.69, 9.17) is 0 Å². The summed E-state index contributed by atoms with van der Waals surface area (Å²) < 4.78 is 0. The third-order valence-corrected chi connectivity index (χ3v) is 4.13. The first-order valence-electron chi connectivity index (χ1n) is 8.49. The fraction of sp³-hybridized carbons (Fsp3) is 0.238. The Morgan fingerprint density at radius 3 is 2.21 bits per heavy atom. The molecule has 1 aromatic heterocycles. The number of aryl methyl sites for hydroxylation is 1. The van der Waals surface area contributed by atoms with E-state index in [9.17, 15) is 0 Å². The van der Waals surface area contributed by atoms with Gasteiger partial charge in [-0.05, 0) is 30.5 Å². The van der Waals surface area contributed by atoms with Crippen molar-refractivity contribution in [3.8, 4) is 11.3 Å². The van der Waals surface area contributed by atoms with E-state index in [1.54, 1.807) is 0 Å². The molecule has 3 rings (SSSR count). The molecule has 0 spiro atoms. The summed E-state index contributed by atoms with van der Waals surface area (Å²) in [5, 5.41) is 12.4. The predicted octanol–water partition coefficient (Wildman–Crippen LogP) is 5.41. The minimum atomic E-state index is 0.257. The van der Waals surface area contributed by atoms with Gasteiger partial charge in [-0.15, -0.1) is 10.2 Å². The van der Waals surface area contributed by atoms with Crippen LogP contribution in [0.15, 0.2) is 66.7 Å². The Hall–Kier alpha value is -2.68. The minimum absolute atomic E-state index is 0.257. The average Bonchev–Trinajstić information content (AvgIpc) is 2.63. The Morgan fingerprint density at radius 1 is 0.917 bits per heavy atom. The smallest absolute Gasteiger partial charge is 0.149 e. The van der Waals surface area contributed by atoms with E-state index in [0.29, 0.717) is 0 Å². The van der Waals surface area contributed by atoms with E-state index in [0.717, 1.165) is 35.5 Å². The molecule has 0 amide bonds. The van der Waals surface area contributed by atoms with Crippen molar-refractivity contribution in [2.45, 2.75) is 32.7 Å². The van der Waals surface area contributed by atoms with Crippen molar-refractivity contribution in [1.29, 1.82) is 0 Å². The van der Waals surface area contributed by atoms with Crippen LogP contribution < -0.4 is 5.32 Å². The van der Waals surface area contributed by atoms with Crippen LogP contribution in [-0.2, 0) is 0 Å². The number of anilines is 1. The summed E-state index contributed by atoms with van der Waals surface area (Å²) in [7, 11) is 0. The summed E-state index contributed by atoms with van der Waals surface area (Å²) in [6.07, 6.45) is 2.17. The van der Waals surface area contributed by atoms with E-state index in [1.165, 1.54) is 5.56 Å². The number of aromatic nitrogens is 2. The summed E-state index contributed by atoms with van der Waals surface area (Å²) in [5.74, 6) is 0.828. The van der Waals surface area contributed by atoms with Crippen LogP contribution >= 0.6 is 0 Å². The van der Waals surface area contributed by atoms with Gasteiger partial charge in [0.15, 0.2) is 0 Å². The molecule has 0 saturated carbocycles. The highest BCUT2D eigenvalue weighted by Crippen LogP contribution is 2.25. The molecule has 24 heavy (non-hydrogen) atoms. The van der Waals surface area contributed by atoms with Crippen molar-refractivity contribution in [3.63, 3.8) is 0 Å². The number of nitrogens with one attached hydrogen (secondary N) is 1. The van der Waals surface area contributed by atoms with Gasteiger partial charge in [-0.3, -0.25) is 0 Å². The van der Waals surface area contributed by atoms with Crippen LogP contribution in [0.5, 0.6) is 0 Å². The first kappa shape index (κ1) is 16.2. The molecule has 0 aliphatic heterocycles. The summed E-state index contributed by atoms with van der Waals surface area (Å²) in [5.41, 5.74) is 4.45. The van der Waals surface area contributed by atoms with Gasteiger partial charge in [-0.1, -0.05) is 74.0 Å². The molecule has 0 radical (unpaired) electrons. The molecule has 122 valence electrons. The molecule has 0 saturated heterocycles. The molecule has 3 aromatic rings. The number of benzene rings is 2. The largest absolute Gasteiger partial charge is 0.362 e. The second-order valence-corrected chi connectivity index (χ2v) is 6.02. The SMILES string of the molecule is CCCC(Nc1cc(C)c(-c2ccccc2)nn1)c1ccccc1. The van der Waals surface area contributed by atoms with Gasteiger partial charge < -0.3 is 5.32 Å². The van der Waals surface area contributed by atoms with Crippen molar-refractivity contribution in [2.75, 3.05) is 5.32 Å². The molecule has 3 nitrogen and oxygen atoms in total. The van der Waals surface area contributed by atoms with E-state index >= 15 is 0 Å². The Morgan fingerprint density at radius 2 is 1.58 bits per heavy atom. The number of rotatable bonds is 6. The molecule has 3 heteroatoms. The normalized spacial score (nSPS) is 11.9. The zero-order chi connectivity index (χ0) is 16.8. The maximum Gasteiger partial charge on any atom is 0.149 e. The molecule has 1 heterocycles. The fourth-order valence-corrected chi connectivity index (χ4v) is 2.91. The Balaban J connectivity index is 1.83. The van der Waals surface area contributed by atoms with Gasteiger partial charge in [-0.2, -0.15) is 0 Å². The van der Waals surface area contributed by atoms with Crippen molar-refractivity contribution >= 4 is 5.82 Å². The minimum Gasteiger partial charge on any atom is -0.362 e. The summed E-state index contributed by atoms with van der Waals surface area (Å²) in [6, 6.07) is 23.0. The third-order valence-electron chi connectivity index (χ3n) is 4.13. The van der Waals surface area contributed by atoms with Crippen LogP contribution in [0.4, 0.5) is 5.82 Å². The van der Waals surface area contributed by atoms with Crippen LogP contribution in [0.1, 0.15) is 36.9 Å². The Kier molecular flexibility index (Phi) is 5.22. The lowest BCUT2D eigenvalue weighted by atomic mass is 10.0. The maximum absolute atomic E-state index is 4.44. The van der Waals surface area contributed by atoms with Gasteiger partial charge in [0.25, 0.3) is 0 Å². The monoisotopic (exact) mass is 317 g/mol. The third kappa shape index (κ3) is 3.80. The summed E-state index contributed by atoms with van der Waals surface area (Å²) in [6.45, 7) is 4.28. The van der Waals surface area contributed by atoms with E-state index in [-0.39, 0.29) is 6.04 Å². The summed E-state index contributed by atoms with van der Waals surface area (Å²) >= 11 is 0. The van der Waals surface area contributed by atoms with E-state index < -0.39 is 0 Å². The lowest BCUT2D eigenvalue weighted by Crippen LogP contribution is -2.12. The molecular formula is C21H23N3. The zero-order valence-electron chi connectivity index (χ0n) is 14.2. The molecule has 0 aliphatic carbocycles. The molecule has 1 atom stereocenters. The van der Waals surface area contributed by atoms with Crippen LogP contribution in [-0.4, -0.2) is 10.2 Å². The highest BCUT2D eigenvalue weighted by atomic mass is 15.2. The van der Waals surface area contributed by atoms with Crippen LogP contribution in [0, 0.1) is 6.92 Å². The first-order valence-corrected chi connectivity index (χ1v) is 8.49. The van der Waals surface area contributed by atoms with Gasteiger partial charge in [0.05, 0.1) is 11.7 Å². The molecule has 1 unspecified atom stereocenters. The van der Waals surface area contributed by atoms with Crippen molar-refractivity contribution in [1.82, 2.24) is 10.2 Å². The summed E-state index contributed by atoms with van der Waals surface area (Å²) in [4.78, 5) is 0. The molecular weight excluding hydrogens is 294 g/mol. The maximum atomic E-state index is 4.44. The van der Waals surface area contributed by atoms with Gasteiger partial charge >= 0.3 is 0 Å². The number of hydrogen-bond acceptors (Lipinski definition) is 3. The molecule has 0 aliphatic rings. The quantitative estimate of drug-likeness (QED) is 0.661. The van der Waals surface area contributed by atoms with Crippen molar-refractivity contribution in [2.24, 2.45) is 0 Å². The predicted molar refractivity (Wildman–Crippen MR) is 99.9 cm³/mol. The fourth-order valence-electron chi connectivity index (χ4n) is 2.91. The Labute approximate surface area is 143 Å². The van der Waals surface area contributed by atoms with Crippen molar-refractivity contribution < 1.29 is 0 Å². The van der Waals surface area contributed by atoms with E-state index in [2.05, 4.69) is 71.8 Å². The molecule has 1 N–H and O–H groups in total. The van der Waals surface area contributed by atoms with Crippen LogP contribution in [0.2, 0.25) is 0 Å². The highest BCUT2D eigenvalue weighted by Gasteiger charge is 2.12. The first-order chi connectivity index (χ1) is 11.8. The molecule has 0 bridgehead atoms.